The summed E-state index contributed by atoms with van der Waals surface area (Å²) >= 11 is 2.81. The molecule has 1 aliphatic rings. The Morgan fingerprint density at radius 1 is 0.935 bits per heavy atom. The van der Waals surface area contributed by atoms with Gasteiger partial charge >= 0.3 is 29.6 Å². The number of benzene rings is 2. The first-order chi connectivity index (χ1) is 21.4. The van der Waals surface area contributed by atoms with Crippen molar-refractivity contribution in [2.75, 3.05) is 23.0 Å². The summed E-state index contributed by atoms with van der Waals surface area (Å²) < 4.78 is 72.3. The Morgan fingerprint density at radius 2 is 1.63 bits per heavy atom. The predicted molar refractivity (Wildman–Crippen MR) is 176 cm³/mol. The van der Waals surface area contributed by atoms with Crippen LogP contribution in [0.25, 0.3) is 29.0 Å². The van der Waals surface area contributed by atoms with Crippen LogP contribution in [0.5, 0.6) is 0 Å². The van der Waals surface area contributed by atoms with Gasteiger partial charge in [0.05, 0.1) is 42.0 Å². The van der Waals surface area contributed by atoms with Crippen LogP contribution in [0.15, 0.2) is 83.1 Å². The van der Waals surface area contributed by atoms with E-state index in [1.165, 1.54) is 22.7 Å². The molecule has 0 amide bonds. The van der Waals surface area contributed by atoms with Crippen LogP contribution in [0.4, 0.5) is 5.69 Å². The van der Waals surface area contributed by atoms with Crippen molar-refractivity contribution in [1.29, 1.82) is 0 Å². The maximum absolute atomic E-state index is 13.4. The molecule has 0 saturated carbocycles. The van der Waals surface area contributed by atoms with Crippen molar-refractivity contribution in [2.24, 2.45) is 0 Å². The van der Waals surface area contributed by atoms with Crippen LogP contribution in [0.3, 0.4) is 0 Å². The molecule has 0 radical (unpaired) electrons. The Labute approximate surface area is 297 Å². The van der Waals surface area contributed by atoms with Crippen molar-refractivity contribution in [3.63, 3.8) is 0 Å². The summed E-state index contributed by atoms with van der Waals surface area (Å²) in [5.41, 5.74) is 4.11. The van der Waals surface area contributed by atoms with Crippen molar-refractivity contribution < 1.29 is 60.1 Å². The van der Waals surface area contributed by atoms with E-state index in [-0.39, 0.29) is 48.1 Å². The van der Waals surface area contributed by atoms with Gasteiger partial charge in [0.1, 0.15) is 4.66 Å². The van der Waals surface area contributed by atoms with Gasteiger partial charge in [0.15, 0.2) is 6.54 Å². The van der Waals surface area contributed by atoms with Gasteiger partial charge in [-0.15, -0.1) is 11.3 Å². The molecular formula is C31H30N3NaO7S4. The van der Waals surface area contributed by atoms with E-state index in [2.05, 4.69) is 0 Å². The molecule has 10 nitrogen and oxygen atoms in total. The first-order valence-corrected chi connectivity index (χ1v) is 18.9. The smallest absolute Gasteiger partial charge is 0.748 e. The van der Waals surface area contributed by atoms with Crippen molar-refractivity contribution in [3.8, 4) is 11.3 Å². The molecule has 0 aliphatic carbocycles. The number of hydrogen-bond acceptors (Lipinski definition) is 10. The minimum absolute atomic E-state index is 0. The van der Waals surface area contributed by atoms with Gasteiger partial charge in [-0.05, 0) is 42.8 Å². The second kappa shape index (κ2) is 15.5. The van der Waals surface area contributed by atoms with E-state index in [1.807, 2.05) is 89.7 Å². The molecule has 236 valence electrons. The minimum atomic E-state index is -4.37. The molecule has 0 atom stereocenters. The van der Waals surface area contributed by atoms with Gasteiger partial charge in [0, 0.05) is 48.3 Å². The van der Waals surface area contributed by atoms with Crippen molar-refractivity contribution in [2.45, 2.75) is 26.4 Å². The second-order valence-corrected chi connectivity index (χ2v) is 15.2. The largest absolute Gasteiger partial charge is 1.00 e. The molecule has 0 fully saturated rings. The molecule has 0 bridgehead atoms. The molecule has 0 saturated heterocycles. The van der Waals surface area contributed by atoms with E-state index in [0.717, 1.165) is 37.8 Å². The topological polar surface area (TPSA) is 144 Å². The molecule has 2 aromatic heterocycles. The van der Waals surface area contributed by atoms with Gasteiger partial charge in [-0.1, -0.05) is 53.8 Å². The maximum Gasteiger partial charge on any atom is 1.00 e. The number of para-hydroxylation sites is 1. The average molecular weight is 708 g/mol. The fourth-order valence-corrected chi connectivity index (χ4v) is 8.05. The van der Waals surface area contributed by atoms with E-state index >= 15 is 0 Å². The SMILES string of the molecule is CCn1c(=O)c(=CC=C2C=CN(CCS(=O)(=O)[O-])c3ccccc32)s/c1=C/c1scc(-c2ccccc2)[n+]1CCCS(=O)(=O)[O-].[Na+]. The summed E-state index contributed by atoms with van der Waals surface area (Å²) in [5.74, 6) is -0.986. The van der Waals surface area contributed by atoms with Gasteiger partial charge in [0.25, 0.3) is 10.6 Å². The first-order valence-electron chi connectivity index (χ1n) is 14.0. The van der Waals surface area contributed by atoms with Crippen LogP contribution < -0.4 is 53.8 Å². The Balaban J connectivity index is 0.00000480. The molecular weight excluding hydrogens is 678 g/mol. The standard InChI is InChI=1S/C31H31N3O7S4.Na/c1-2-33-30(21-29-34(16-8-19-44(36,37)38)27(22-42-29)24-9-4-3-5-10-24)43-28(31(33)35)14-13-23-15-17-32(18-20-45(39,40)41)26-12-7-6-11-25(23)26;/h3-7,9-15,17,21-22H,2,8,16,18-20H2,1H3,(H-,36,37,38,39,40,41);/q;+1/p-1. The molecule has 0 N–H and O–H groups in total. The van der Waals surface area contributed by atoms with Gasteiger partial charge in [-0.2, -0.15) is 4.57 Å². The number of allylic oxidation sites excluding steroid dienone is 3. The van der Waals surface area contributed by atoms with Crippen LogP contribution >= 0.6 is 22.7 Å². The number of nitrogens with zero attached hydrogens (tertiary/aromatic N) is 3. The number of aromatic nitrogens is 2. The normalized spacial score (nSPS) is 14.9. The molecule has 15 heteroatoms. The third-order valence-corrected chi connectivity index (χ3v) is 10.6. The van der Waals surface area contributed by atoms with E-state index < -0.39 is 31.7 Å². The van der Waals surface area contributed by atoms with Crippen LogP contribution in [0, 0.1) is 0 Å². The van der Waals surface area contributed by atoms with Gasteiger partial charge in [-0.25, -0.2) is 16.8 Å². The summed E-state index contributed by atoms with van der Waals surface area (Å²) in [4.78, 5) is 15.1. The van der Waals surface area contributed by atoms with Gasteiger partial charge in [-0.3, -0.25) is 9.36 Å². The monoisotopic (exact) mass is 707 g/mol. The summed E-state index contributed by atoms with van der Waals surface area (Å²) in [6.07, 6.45) is 9.23. The maximum atomic E-state index is 13.4. The molecule has 3 heterocycles. The second-order valence-electron chi connectivity index (χ2n) is 10.2. The zero-order chi connectivity index (χ0) is 32.2. The molecule has 4 aromatic rings. The Morgan fingerprint density at radius 3 is 2.33 bits per heavy atom. The summed E-state index contributed by atoms with van der Waals surface area (Å²) in [6, 6.07) is 17.1. The van der Waals surface area contributed by atoms with Crippen molar-refractivity contribution >= 4 is 66.3 Å². The third-order valence-electron chi connectivity index (χ3n) is 7.15. The number of rotatable bonds is 11. The zero-order valence-corrected chi connectivity index (χ0v) is 30.5. The van der Waals surface area contributed by atoms with E-state index in [4.69, 9.17) is 0 Å². The van der Waals surface area contributed by atoms with Crippen LogP contribution in [-0.2, 0) is 33.3 Å². The predicted octanol–water partition coefficient (Wildman–Crippen LogP) is -0.543. The molecule has 0 unspecified atom stereocenters. The third kappa shape index (κ3) is 9.02. The number of thiazole rings is 2. The number of anilines is 1. The zero-order valence-electron chi connectivity index (χ0n) is 25.2. The summed E-state index contributed by atoms with van der Waals surface area (Å²) in [5, 5.41) is 2.80. The quantitative estimate of drug-likeness (QED) is 0.115. The van der Waals surface area contributed by atoms with Crippen LogP contribution in [-0.4, -0.2) is 48.6 Å². The van der Waals surface area contributed by atoms with Crippen molar-refractivity contribution in [3.05, 3.63) is 108 Å². The Kier molecular flexibility index (Phi) is 12.2. The van der Waals surface area contributed by atoms with E-state index in [9.17, 15) is 30.7 Å². The molecule has 46 heavy (non-hydrogen) atoms. The van der Waals surface area contributed by atoms with E-state index in [0.29, 0.717) is 17.6 Å². The number of fused-ring (bicyclic) bond motifs is 1. The summed E-state index contributed by atoms with van der Waals surface area (Å²) in [7, 11) is -8.72. The van der Waals surface area contributed by atoms with Crippen LogP contribution in [0.2, 0.25) is 0 Å². The first kappa shape index (κ1) is 36.2. The van der Waals surface area contributed by atoms with Crippen LogP contribution in [0.1, 0.15) is 23.9 Å². The molecule has 1 aliphatic heterocycles. The fourth-order valence-electron chi connectivity index (χ4n) is 5.02. The Bertz CT molecular complexity index is 2170. The van der Waals surface area contributed by atoms with Gasteiger partial charge < -0.3 is 14.0 Å². The Hall–Kier alpha value is -2.66. The average Bonchev–Trinajstić information content (AvgIpc) is 3.53. The van der Waals surface area contributed by atoms with Gasteiger partial charge in [0.2, 0.25) is 5.69 Å². The molecule has 2 aromatic carbocycles. The molecule has 0 spiro atoms. The minimum Gasteiger partial charge on any atom is -0.748 e. The number of hydrogen-bond donors (Lipinski definition) is 0. The fraction of sp³-hybridized carbons (Fsp3) is 0.226. The van der Waals surface area contributed by atoms with Crippen molar-refractivity contribution in [1.82, 2.24) is 4.57 Å². The summed E-state index contributed by atoms with van der Waals surface area (Å²) in [6.45, 7) is 2.68. The molecule has 5 rings (SSSR count). The van der Waals surface area contributed by atoms with E-state index in [1.54, 1.807) is 21.7 Å².